The molecule has 0 aliphatic heterocycles. The van der Waals surface area contributed by atoms with Gasteiger partial charge in [0, 0.05) is 0 Å². The number of halogens is 2. The molecular formula is C15H14BrFO. The van der Waals surface area contributed by atoms with Gasteiger partial charge in [0.2, 0.25) is 0 Å². The maximum atomic E-state index is 13.2. The van der Waals surface area contributed by atoms with Crippen molar-refractivity contribution >= 4 is 15.9 Å². The van der Waals surface area contributed by atoms with Crippen LogP contribution in [0.15, 0.2) is 40.9 Å². The van der Waals surface area contributed by atoms with Gasteiger partial charge in [-0.05, 0) is 58.6 Å². The van der Waals surface area contributed by atoms with E-state index in [1.165, 1.54) is 6.07 Å². The third-order valence-corrected chi connectivity index (χ3v) is 3.59. The minimum absolute atomic E-state index is 0.327. The van der Waals surface area contributed by atoms with Crippen LogP contribution in [0.1, 0.15) is 28.4 Å². The van der Waals surface area contributed by atoms with E-state index in [9.17, 15) is 9.50 Å². The van der Waals surface area contributed by atoms with Crippen LogP contribution < -0.4 is 0 Å². The average molecular weight is 309 g/mol. The first-order chi connectivity index (χ1) is 8.49. The van der Waals surface area contributed by atoms with E-state index in [2.05, 4.69) is 15.9 Å². The Labute approximate surface area is 114 Å². The Balaban J connectivity index is 2.41. The predicted octanol–water partition coefficient (Wildman–Crippen LogP) is 4.29. The Morgan fingerprint density at radius 3 is 2.44 bits per heavy atom. The van der Waals surface area contributed by atoms with E-state index in [0.29, 0.717) is 10.0 Å². The minimum Gasteiger partial charge on any atom is -0.384 e. The number of hydrogen-bond donors (Lipinski definition) is 1. The lowest BCUT2D eigenvalue weighted by Crippen LogP contribution is -2.02. The Morgan fingerprint density at radius 2 is 1.83 bits per heavy atom. The van der Waals surface area contributed by atoms with Gasteiger partial charge in [-0.15, -0.1) is 0 Å². The molecule has 94 valence electrons. The second-order valence-corrected chi connectivity index (χ2v) is 5.29. The molecule has 1 unspecified atom stereocenters. The van der Waals surface area contributed by atoms with Crippen LogP contribution in [-0.2, 0) is 0 Å². The standard InChI is InChI=1S/C15H14BrFO/c1-9-3-5-12(10(2)7-9)15(18)11-4-6-14(17)13(16)8-11/h3-8,15,18H,1-2H3. The lowest BCUT2D eigenvalue weighted by Gasteiger charge is -2.15. The normalized spacial score (nSPS) is 12.5. The topological polar surface area (TPSA) is 20.2 Å². The predicted molar refractivity (Wildman–Crippen MR) is 74.1 cm³/mol. The van der Waals surface area contributed by atoms with Crippen LogP contribution in [0.4, 0.5) is 4.39 Å². The lowest BCUT2D eigenvalue weighted by atomic mass is 9.96. The van der Waals surface area contributed by atoms with Gasteiger partial charge in [-0.25, -0.2) is 4.39 Å². The van der Waals surface area contributed by atoms with Crippen molar-refractivity contribution in [3.8, 4) is 0 Å². The summed E-state index contributed by atoms with van der Waals surface area (Å²) in [7, 11) is 0. The van der Waals surface area contributed by atoms with E-state index >= 15 is 0 Å². The van der Waals surface area contributed by atoms with Gasteiger partial charge in [0.1, 0.15) is 11.9 Å². The van der Waals surface area contributed by atoms with Crippen LogP contribution in [0, 0.1) is 19.7 Å². The van der Waals surface area contributed by atoms with Crippen molar-refractivity contribution in [2.24, 2.45) is 0 Å². The summed E-state index contributed by atoms with van der Waals surface area (Å²) in [6.45, 7) is 3.97. The molecule has 0 saturated carbocycles. The molecule has 0 spiro atoms. The summed E-state index contributed by atoms with van der Waals surface area (Å²) >= 11 is 3.13. The third kappa shape index (κ3) is 2.62. The van der Waals surface area contributed by atoms with Crippen LogP contribution in [0.25, 0.3) is 0 Å². The molecule has 0 aromatic heterocycles. The first kappa shape index (κ1) is 13.2. The van der Waals surface area contributed by atoms with Crippen LogP contribution in [0.2, 0.25) is 0 Å². The summed E-state index contributed by atoms with van der Waals surface area (Å²) in [6.07, 6.45) is -0.734. The second kappa shape index (κ2) is 5.21. The Bertz CT molecular complexity index is 581. The molecule has 2 rings (SSSR count). The fourth-order valence-electron chi connectivity index (χ4n) is 1.99. The Morgan fingerprint density at radius 1 is 1.11 bits per heavy atom. The number of aliphatic hydroxyl groups excluding tert-OH is 1. The quantitative estimate of drug-likeness (QED) is 0.877. The van der Waals surface area contributed by atoms with Crippen molar-refractivity contribution in [1.82, 2.24) is 0 Å². The van der Waals surface area contributed by atoms with Crippen LogP contribution in [0.5, 0.6) is 0 Å². The summed E-state index contributed by atoms with van der Waals surface area (Å²) in [5.41, 5.74) is 3.71. The van der Waals surface area contributed by atoms with Crippen LogP contribution >= 0.6 is 15.9 Å². The summed E-state index contributed by atoms with van der Waals surface area (Å²) in [4.78, 5) is 0. The van der Waals surface area contributed by atoms with Gasteiger partial charge >= 0.3 is 0 Å². The monoisotopic (exact) mass is 308 g/mol. The largest absolute Gasteiger partial charge is 0.384 e. The fraction of sp³-hybridized carbons (Fsp3) is 0.200. The second-order valence-electron chi connectivity index (χ2n) is 4.44. The summed E-state index contributed by atoms with van der Waals surface area (Å²) in [5, 5.41) is 10.3. The molecule has 3 heteroatoms. The molecule has 0 saturated heterocycles. The maximum absolute atomic E-state index is 13.2. The van der Waals surface area contributed by atoms with Crippen molar-refractivity contribution in [2.45, 2.75) is 20.0 Å². The van der Waals surface area contributed by atoms with Crippen molar-refractivity contribution in [3.05, 3.63) is 68.9 Å². The summed E-state index contributed by atoms with van der Waals surface area (Å²) in [5.74, 6) is -0.327. The van der Waals surface area contributed by atoms with Gasteiger partial charge in [0.15, 0.2) is 0 Å². The number of rotatable bonds is 2. The van der Waals surface area contributed by atoms with Crippen molar-refractivity contribution in [3.63, 3.8) is 0 Å². The molecule has 18 heavy (non-hydrogen) atoms. The zero-order valence-electron chi connectivity index (χ0n) is 10.2. The number of aryl methyl sites for hydroxylation is 2. The maximum Gasteiger partial charge on any atom is 0.137 e. The van der Waals surface area contributed by atoms with Gasteiger partial charge in [0.05, 0.1) is 4.47 Å². The molecule has 0 aliphatic carbocycles. The van der Waals surface area contributed by atoms with Gasteiger partial charge in [0.25, 0.3) is 0 Å². The molecule has 0 bridgehead atoms. The molecule has 1 nitrogen and oxygen atoms in total. The smallest absolute Gasteiger partial charge is 0.137 e. The molecule has 0 amide bonds. The van der Waals surface area contributed by atoms with Crippen molar-refractivity contribution < 1.29 is 9.50 Å². The van der Waals surface area contributed by atoms with E-state index < -0.39 is 6.10 Å². The van der Waals surface area contributed by atoms with Gasteiger partial charge in [-0.2, -0.15) is 0 Å². The number of benzene rings is 2. The third-order valence-electron chi connectivity index (χ3n) is 2.98. The zero-order chi connectivity index (χ0) is 13.3. The highest BCUT2D eigenvalue weighted by Crippen LogP contribution is 2.28. The zero-order valence-corrected chi connectivity index (χ0v) is 11.8. The molecule has 0 radical (unpaired) electrons. The number of hydrogen-bond acceptors (Lipinski definition) is 1. The van der Waals surface area contributed by atoms with E-state index in [0.717, 1.165) is 16.7 Å². The van der Waals surface area contributed by atoms with Gasteiger partial charge in [-0.3, -0.25) is 0 Å². The van der Waals surface area contributed by atoms with E-state index in [4.69, 9.17) is 0 Å². The SMILES string of the molecule is Cc1ccc(C(O)c2ccc(F)c(Br)c2)c(C)c1. The molecule has 2 aromatic carbocycles. The molecule has 1 atom stereocenters. The van der Waals surface area contributed by atoms with E-state index in [-0.39, 0.29) is 5.82 Å². The van der Waals surface area contributed by atoms with Gasteiger partial charge in [-0.1, -0.05) is 29.8 Å². The van der Waals surface area contributed by atoms with Crippen molar-refractivity contribution in [1.29, 1.82) is 0 Å². The first-order valence-electron chi connectivity index (χ1n) is 5.69. The van der Waals surface area contributed by atoms with Crippen molar-refractivity contribution in [2.75, 3.05) is 0 Å². The highest BCUT2D eigenvalue weighted by Gasteiger charge is 2.14. The first-order valence-corrected chi connectivity index (χ1v) is 6.48. The highest BCUT2D eigenvalue weighted by atomic mass is 79.9. The molecular weight excluding hydrogens is 295 g/mol. The summed E-state index contributed by atoms with van der Waals surface area (Å²) < 4.78 is 13.5. The Hall–Kier alpha value is -1.19. The lowest BCUT2D eigenvalue weighted by molar-refractivity contribution is 0.219. The van der Waals surface area contributed by atoms with E-state index in [1.54, 1.807) is 12.1 Å². The average Bonchev–Trinajstić information content (AvgIpc) is 2.32. The minimum atomic E-state index is -0.734. The number of aliphatic hydroxyl groups is 1. The van der Waals surface area contributed by atoms with Crippen LogP contribution in [0.3, 0.4) is 0 Å². The molecule has 0 heterocycles. The Kier molecular flexibility index (Phi) is 3.83. The molecule has 2 aromatic rings. The molecule has 0 fully saturated rings. The van der Waals surface area contributed by atoms with Crippen LogP contribution in [-0.4, -0.2) is 5.11 Å². The fourth-order valence-corrected chi connectivity index (χ4v) is 2.39. The summed E-state index contributed by atoms with van der Waals surface area (Å²) in [6, 6.07) is 10.5. The molecule has 0 aliphatic rings. The highest BCUT2D eigenvalue weighted by molar-refractivity contribution is 9.10. The van der Waals surface area contributed by atoms with Gasteiger partial charge < -0.3 is 5.11 Å². The molecule has 1 N–H and O–H groups in total. The van der Waals surface area contributed by atoms with E-state index in [1.807, 2.05) is 32.0 Å².